The first-order valence-electron chi connectivity index (χ1n) is 17.3. The van der Waals surface area contributed by atoms with Gasteiger partial charge >= 0.3 is 0 Å². The summed E-state index contributed by atoms with van der Waals surface area (Å²) in [7, 11) is 0. The molecule has 0 spiro atoms. The molecule has 12 aromatic rings. The van der Waals surface area contributed by atoms with Gasteiger partial charge in [-0.3, -0.25) is 0 Å². The molecule has 0 aliphatic heterocycles. The summed E-state index contributed by atoms with van der Waals surface area (Å²) in [5.41, 5.74) is 8.46. The number of furan rings is 2. The van der Waals surface area contributed by atoms with Crippen LogP contribution in [0, 0.1) is 0 Å². The Balaban J connectivity index is 1.10. The second-order valence-corrected chi connectivity index (χ2v) is 14.7. The molecule has 0 saturated carbocycles. The van der Waals surface area contributed by atoms with Crippen molar-refractivity contribution in [3.63, 3.8) is 0 Å². The zero-order valence-electron chi connectivity index (χ0n) is 27.2. The zero-order chi connectivity index (χ0) is 33.2. The molecule has 12 rings (SSSR count). The first-order chi connectivity index (χ1) is 25.3. The van der Waals surface area contributed by atoms with Gasteiger partial charge in [0.15, 0.2) is 0 Å². The van der Waals surface area contributed by atoms with Crippen molar-refractivity contribution in [1.82, 2.24) is 0 Å². The van der Waals surface area contributed by atoms with E-state index >= 15 is 0 Å². The second-order valence-electron chi connectivity index (χ2n) is 13.6. The van der Waals surface area contributed by atoms with Crippen LogP contribution in [0.2, 0.25) is 0 Å². The first kappa shape index (κ1) is 27.4. The van der Waals surface area contributed by atoms with Gasteiger partial charge in [0.25, 0.3) is 0 Å². The van der Waals surface area contributed by atoms with E-state index in [0.29, 0.717) is 0 Å². The van der Waals surface area contributed by atoms with Crippen LogP contribution in [-0.2, 0) is 0 Å². The Labute approximate surface area is 295 Å². The van der Waals surface area contributed by atoms with Crippen molar-refractivity contribution in [2.75, 3.05) is 0 Å². The highest BCUT2D eigenvalue weighted by Gasteiger charge is 2.20. The lowest BCUT2D eigenvalue weighted by Gasteiger charge is -2.17. The topological polar surface area (TPSA) is 26.3 Å². The Morgan fingerprint density at radius 2 is 0.902 bits per heavy atom. The quantitative estimate of drug-likeness (QED) is 0.172. The van der Waals surface area contributed by atoms with Crippen LogP contribution in [0.4, 0.5) is 0 Å². The lowest BCUT2D eigenvalue weighted by molar-refractivity contribution is 0.669. The highest BCUT2D eigenvalue weighted by Crippen LogP contribution is 2.46. The van der Waals surface area contributed by atoms with Crippen LogP contribution in [0.25, 0.3) is 119 Å². The summed E-state index contributed by atoms with van der Waals surface area (Å²) >= 11 is 1.85. The molecule has 51 heavy (non-hydrogen) atoms. The van der Waals surface area contributed by atoms with Gasteiger partial charge in [-0.2, -0.15) is 0 Å². The molecule has 3 heteroatoms. The molecule has 0 unspecified atom stereocenters. The van der Waals surface area contributed by atoms with Crippen LogP contribution in [0.15, 0.2) is 167 Å². The van der Waals surface area contributed by atoms with E-state index < -0.39 is 0 Å². The van der Waals surface area contributed by atoms with Crippen molar-refractivity contribution in [3.05, 3.63) is 158 Å². The van der Waals surface area contributed by atoms with Crippen LogP contribution in [0.3, 0.4) is 0 Å². The van der Waals surface area contributed by atoms with Crippen LogP contribution in [0.1, 0.15) is 0 Å². The van der Waals surface area contributed by atoms with Gasteiger partial charge in [0.2, 0.25) is 0 Å². The molecule has 0 atom stereocenters. The fraction of sp³-hybridized carbons (Fsp3) is 0. The van der Waals surface area contributed by atoms with Crippen molar-refractivity contribution >= 4 is 108 Å². The van der Waals surface area contributed by atoms with E-state index in [1.807, 2.05) is 23.5 Å². The third-order valence-corrected chi connectivity index (χ3v) is 12.0. The van der Waals surface area contributed by atoms with Crippen LogP contribution in [0.5, 0.6) is 0 Å². The monoisotopic (exact) mass is 666 g/mol. The third kappa shape index (κ3) is 3.81. The molecule has 0 bridgehead atoms. The molecule has 3 aromatic heterocycles. The third-order valence-electron chi connectivity index (χ3n) is 10.8. The van der Waals surface area contributed by atoms with E-state index in [0.717, 1.165) is 54.8 Å². The Morgan fingerprint density at radius 1 is 0.314 bits per heavy atom. The molecule has 236 valence electrons. The van der Waals surface area contributed by atoms with Gasteiger partial charge in [0.05, 0.1) is 0 Å². The zero-order valence-corrected chi connectivity index (χ0v) is 28.1. The molecule has 9 aromatic carbocycles. The Morgan fingerprint density at radius 3 is 1.67 bits per heavy atom. The summed E-state index contributed by atoms with van der Waals surface area (Å²) in [6.45, 7) is 0. The molecule has 0 radical (unpaired) electrons. The number of rotatable bonds is 2. The number of fused-ring (bicyclic) bond motifs is 13. The minimum Gasteiger partial charge on any atom is -0.456 e. The van der Waals surface area contributed by atoms with Gasteiger partial charge in [0.1, 0.15) is 22.3 Å². The van der Waals surface area contributed by atoms with Crippen molar-refractivity contribution in [1.29, 1.82) is 0 Å². The standard InChI is InChI=1S/C48H26O2S/c1-3-13-35-33(11-1)46(34-12-2-4-14-36(34)47(35)29-18-20-31-30-9-5-7-15-41(30)49-43(31)25-29)28-19-22-42-39(24-28)37-21-17-27-23-40-32-10-6-8-16-44(32)51-45(40)26-38(27)48(37)50-42/h1-26H. The van der Waals surface area contributed by atoms with Gasteiger partial charge < -0.3 is 8.83 Å². The predicted octanol–water partition coefficient (Wildman–Crippen LogP) is 14.6. The number of para-hydroxylation sites is 1. The van der Waals surface area contributed by atoms with E-state index in [2.05, 4.69) is 146 Å². The van der Waals surface area contributed by atoms with Gasteiger partial charge in [0, 0.05) is 47.1 Å². The number of hydrogen-bond donors (Lipinski definition) is 0. The lowest BCUT2D eigenvalue weighted by Crippen LogP contribution is -1.90. The van der Waals surface area contributed by atoms with Crippen LogP contribution in [-0.4, -0.2) is 0 Å². The first-order valence-corrected chi connectivity index (χ1v) is 18.1. The predicted molar refractivity (Wildman–Crippen MR) is 217 cm³/mol. The summed E-state index contributed by atoms with van der Waals surface area (Å²) in [5, 5.41) is 14.4. The van der Waals surface area contributed by atoms with E-state index in [-0.39, 0.29) is 0 Å². The van der Waals surface area contributed by atoms with E-state index in [4.69, 9.17) is 8.83 Å². The Kier molecular flexibility index (Phi) is 5.41. The largest absolute Gasteiger partial charge is 0.456 e. The molecule has 0 fully saturated rings. The minimum absolute atomic E-state index is 0.905. The van der Waals surface area contributed by atoms with Crippen molar-refractivity contribution in [2.45, 2.75) is 0 Å². The van der Waals surface area contributed by atoms with Gasteiger partial charge in [-0.15, -0.1) is 11.3 Å². The molecule has 0 amide bonds. The fourth-order valence-corrected chi connectivity index (χ4v) is 9.69. The number of thiophene rings is 1. The molecule has 0 N–H and O–H groups in total. The molecule has 0 aliphatic rings. The summed E-state index contributed by atoms with van der Waals surface area (Å²) in [5.74, 6) is 0. The van der Waals surface area contributed by atoms with E-state index in [9.17, 15) is 0 Å². The highest BCUT2D eigenvalue weighted by atomic mass is 32.1. The molecule has 0 aliphatic carbocycles. The molecular weight excluding hydrogens is 641 g/mol. The second kappa shape index (κ2) is 10.1. The number of hydrogen-bond acceptors (Lipinski definition) is 3. The lowest BCUT2D eigenvalue weighted by atomic mass is 9.85. The maximum Gasteiger partial charge on any atom is 0.143 e. The average molecular weight is 667 g/mol. The Bertz CT molecular complexity index is 3370. The van der Waals surface area contributed by atoms with Crippen molar-refractivity contribution < 1.29 is 8.83 Å². The van der Waals surface area contributed by atoms with Gasteiger partial charge in [-0.05, 0) is 104 Å². The minimum atomic E-state index is 0.905. The van der Waals surface area contributed by atoms with E-state index in [1.54, 1.807) is 0 Å². The smallest absolute Gasteiger partial charge is 0.143 e. The van der Waals surface area contributed by atoms with E-state index in [1.165, 1.54) is 63.8 Å². The summed E-state index contributed by atoms with van der Waals surface area (Å²) in [6, 6.07) is 57.1. The van der Waals surface area contributed by atoms with Crippen molar-refractivity contribution in [3.8, 4) is 22.3 Å². The average Bonchev–Trinajstić information content (AvgIpc) is 3.86. The molecule has 2 nitrogen and oxygen atoms in total. The molecule has 0 saturated heterocycles. The van der Waals surface area contributed by atoms with Crippen molar-refractivity contribution in [2.24, 2.45) is 0 Å². The van der Waals surface area contributed by atoms with Crippen LogP contribution >= 0.6 is 11.3 Å². The Hall–Kier alpha value is -6.42. The summed E-state index contributed by atoms with van der Waals surface area (Å²) in [4.78, 5) is 0. The van der Waals surface area contributed by atoms with Gasteiger partial charge in [-0.1, -0.05) is 103 Å². The summed E-state index contributed by atoms with van der Waals surface area (Å²) < 4.78 is 15.6. The van der Waals surface area contributed by atoms with Gasteiger partial charge in [-0.25, -0.2) is 0 Å². The fourth-order valence-electron chi connectivity index (χ4n) is 8.57. The molecule has 3 heterocycles. The summed E-state index contributed by atoms with van der Waals surface area (Å²) in [6.07, 6.45) is 0. The van der Waals surface area contributed by atoms with Crippen LogP contribution < -0.4 is 0 Å². The highest BCUT2D eigenvalue weighted by molar-refractivity contribution is 7.25. The SMILES string of the molecule is c1ccc2c(c1)oc1cc(-c3c4ccccc4c(-c4ccc5oc6c7cc8sc9ccccc9c8cc7ccc6c5c4)c4ccccc34)ccc12. The maximum atomic E-state index is 6.68. The normalized spacial score (nSPS) is 12.3. The maximum absolute atomic E-state index is 6.68. The number of benzene rings is 9. The molecular formula is C48H26O2S.